The van der Waals surface area contributed by atoms with E-state index in [1.165, 1.54) is 141 Å². The fourth-order valence-electron chi connectivity index (χ4n) is 8.20. The van der Waals surface area contributed by atoms with Crippen molar-refractivity contribution in [2.75, 3.05) is 40.9 Å². The molecule has 10 heteroatoms. The van der Waals surface area contributed by atoms with Gasteiger partial charge >= 0.3 is 5.97 Å². The number of hydrogen-bond acceptors (Lipinski definition) is 7. The Hall–Kier alpha value is -2.81. The van der Waals surface area contributed by atoms with Crippen molar-refractivity contribution < 1.29 is 37.3 Å². The second kappa shape index (κ2) is 51.7. The van der Waals surface area contributed by atoms with E-state index in [4.69, 9.17) is 13.8 Å². The number of phosphoric acid groups is 1. The van der Waals surface area contributed by atoms with Gasteiger partial charge in [-0.15, -0.1) is 0 Å². The summed E-state index contributed by atoms with van der Waals surface area (Å²) in [6, 6.07) is -0.913. The van der Waals surface area contributed by atoms with Gasteiger partial charge in [0.2, 0.25) is 5.91 Å². The molecule has 0 rings (SSSR count). The molecule has 9 nitrogen and oxygen atoms in total. The van der Waals surface area contributed by atoms with Crippen LogP contribution in [0.5, 0.6) is 0 Å². The lowest BCUT2D eigenvalue weighted by molar-refractivity contribution is -0.870. The molecule has 1 N–H and O–H groups in total. The number of rotatable bonds is 52. The molecule has 3 unspecified atom stereocenters. The predicted octanol–water partition coefficient (Wildman–Crippen LogP) is 17.2. The summed E-state index contributed by atoms with van der Waals surface area (Å²) in [5.41, 5.74) is 0. The zero-order chi connectivity index (χ0) is 52.9. The van der Waals surface area contributed by atoms with Crippen LogP contribution >= 0.6 is 7.82 Å². The molecule has 0 spiro atoms. The molecule has 0 aromatic heterocycles. The van der Waals surface area contributed by atoms with Gasteiger partial charge in [-0.3, -0.25) is 14.2 Å². The van der Waals surface area contributed by atoms with E-state index in [1.54, 1.807) is 0 Å². The van der Waals surface area contributed by atoms with Crippen molar-refractivity contribution in [1.29, 1.82) is 0 Å². The second-order valence-corrected chi connectivity index (χ2v) is 22.3. The molecule has 0 aromatic rings. The molecule has 0 aliphatic heterocycles. The van der Waals surface area contributed by atoms with Crippen molar-refractivity contribution in [1.82, 2.24) is 5.32 Å². The van der Waals surface area contributed by atoms with Gasteiger partial charge in [-0.05, 0) is 51.0 Å². The van der Waals surface area contributed by atoms with Gasteiger partial charge in [0.1, 0.15) is 19.3 Å². The second-order valence-electron chi connectivity index (χ2n) is 20.9. The van der Waals surface area contributed by atoms with Gasteiger partial charge in [-0.2, -0.15) is 0 Å². The maximum atomic E-state index is 13.5. The van der Waals surface area contributed by atoms with Gasteiger partial charge in [0.15, 0.2) is 0 Å². The van der Waals surface area contributed by atoms with Crippen molar-refractivity contribution in [3.8, 4) is 0 Å². The van der Waals surface area contributed by atoms with Crippen molar-refractivity contribution in [2.24, 2.45) is 0 Å². The highest BCUT2D eigenvalue weighted by atomic mass is 31.2. The minimum absolute atomic E-state index is 0.0341. The zero-order valence-corrected chi connectivity index (χ0v) is 48.3. The summed E-state index contributed by atoms with van der Waals surface area (Å²) in [7, 11) is 1.15. The Morgan fingerprint density at radius 3 is 1.35 bits per heavy atom. The number of esters is 1. The molecule has 72 heavy (non-hydrogen) atoms. The maximum absolute atomic E-state index is 13.5. The highest BCUT2D eigenvalue weighted by molar-refractivity contribution is 7.45. The number of ether oxygens (including phenoxy) is 1. The van der Waals surface area contributed by atoms with Crippen LogP contribution < -0.4 is 10.2 Å². The summed E-state index contributed by atoms with van der Waals surface area (Å²) in [6.45, 7) is 6.66. The predicted molar refractivity (Wildman–Crippen MR) is 307 cm³/mol. The molecule has 0 saturated carbocycles. The largest absolute Gasteiger partial charge is 0.756 e. The molecular weight excluding hydrogens is 916 g/mol. The molecule has 0 aromatic carbocycles. The molecule has 0 aliphatic carbocycles. The van der Waals surface area contributed by atoms with Crippen LogP contribution in [0.25, 0.3) is 0 Å². The van der Waals surface area contributed by atoms with E-state index in [1.807, 2.05) is 94.1 Å². The first-order valence-corrected chi connectivity index (χ1v) is 30.9. The SMILES string of the molecule is CC\C=C/C=C/C=C/C=C\C=C\C=C\CCCCCC(=O)NC(COP(=O)([O-])OCC[N+](C)(C)C)C(/C=C/CCCCCCCCCCCC)OC(=O)CCCCCCCCCCCCCCCCCCC. The van der Waals surface area contributed by atoms with E-state index in [2.05, 4.69) is 38.2 Å². The third-order valence-corrected chi connectivity index (χ3v) is 13.7. The fraction of sp³-hybridized carbons (Fsp3) is 0.742. The normalized spacial score (nSPS) is 14.4. The Balaban J connectivity index is 5.40. The minimum Gasteiger partial charge on any atom is -0.756 e. The van der Waals surface area contributed by atoms with Crippen LogP contribution in [0, 0.1) is 0 Å². The smallest absolute Gasteiger partial charge is 0.306 e. The van der Waals surface area contributed by atoms with E-state index in [0.29, 0.717) is 17.4 Å². The standard InChI is InChI=1S/C62H111N2O7P/c1-7-10-13-16-19-22-25-28-30-32-34-36-39-42-45-48-51-54-61(65)63-59(58-70-72(67,68)69-57-56-64(4,5)6)60(53-50-47-44-41-38-27-24-21-18-15-12-9-3)71-62(66)55-52-49-46-43-40-37-35-33-31-29-26-23-20-17-14-11-8-2/h10,13,16,19,22,25,28,30,32,34,36,39,50,53,59-60H,7-9,11-12,14-15,17-18,20-21,23-24,26-27,29,31,33,35,37-38,40-49,51-52,54-58H2,1-6H3,(H-,63,65,67,68)/b13-10-,19-16+,25-22+,30-28-,34-32+,39-36+,53-50+. The van der Waals surface area contributed by atoms with Crippen molar-refractivity contribution in [3.05, 3.63) is 85.1 Å². The van der Waals surface area contributed by atoms with E-state index >= 15 is 0 Å². The Labute approximate surface area is 444 Å². The Morgan fingerprint density at radius 2 is 0.889 bits per heavy atom. The van der Waals surface area contributed by atoms with Crippen LogP contribution in [-0.2, 0) is 27.9 Å². The van der Waals surface area contributed by atoms with Gasteiger partial charge in [0.25, 0.3) is 7.82 Å². The zero-order valence-electron chi connectivity index (χ0n) is 47.4. The quantitative estimate of drug-likeness (QED) is 0.0161. The van der Waals surface area contributed by atoms with Gasteiger partial charge in [0.05, 0.1) is 33.8 Å². The molecule has 0 radical (unpaired) electrons. The highest BCUT2D eigenvalue weighted by Crippen LogP contribution is 2.38. The molecule has 416 valence electrons. The topological polar surface area (TPSA) is 114 Å². The molecular formula is C62H111N2O7P. The number of carbonyl (C=O) groups excluding carboxylic acids is 2. The molecule has 0 saturated heterocycles. The van der Waals surface area contributed by atoms with E-state index in [9.17, 15) is 19.0 Å². The molecule has 0 fully saturated rings. The van der Waals surface area contributed by atoms with Crippen LogP contribution in [0.4, 0.5) is 0 Å². The first kappa shape index (κ1) is 69.2. The summed E-state index contributed by atoms with van der Waals surface area (Å²) >= 11 is 0. The average molecular weight is 1030 g/mol. The van der Waals surface area contributed by atoms with Gasteiger partial charge < -0.3 is 28.5 Å². The summed E-state index contributed by atoms with van der Waals surface area (Å²) in [6.07, 6.45) is 66.9. The van der Waals surface area contributed by atoms with Crippen LogP contribution in [0.1, 0.15) is 245 Å². The van der Waals surface area contributed by atoms with Crippen LogP contribution in [0.15, 0.2) is 85.1 Å². The summed E-state index contributed by atoms with van der Waals surface area (Å²) in [4.78, 5) is 39.9. The number of nitrogens with zero attached hydrogens (tertiary/aromatic N) is 1. The molecule has 1 amide bonds. The molecule has 0 aliphatic rings. The lowest BCUT2D eigenvalue weighted by atomic mass is 10.0. The van der Waals surface area contributed by atoms with Crippen molar-refractivity contribution in [2.45, 2.75) is 258 Å². The van der Waals surface area contributed by atoms with Gasteiger partial charge in [-0.1, -0.05) is 267 Å². The van der Waals surface area contributed by atoms with Crippen molar-refractivity contribution >= 4 is 19.7 Å². The molecule has 3 atom stereocenters. The van der Waals surface area contributed by atoms with E-state index < -0.39 is 26.6 Å². The first-order chi connectivity index (χ1) is 34.9. The van der Waals surface area contributed by atoms with Crippen LogP contribution in [0.3, 0.4) is 0 Å². The Morgan fingerprint density at radius 1 is 0.500 bits per heavy atom. The highest BCUT2D eigenvalue weighted by Gasteiger charge is 2.27. The maximum Gasteiger partial charge on any atom is 0.306 e. The minimum atomic E-state index is -4.71. The van der Waals surface area contributed by atoms with Gasteiger partial charge in [0, 0.05) is 12.8 Å². The number of nitrogens with one attached hydrogen (secondary N) is 1. The lowest BCUT2D eigenvalue weighted by Crippen LogP contribution is -2.47. The summed E-state index contributed by atoms with van der Waals surface area (Å²) < 4.78 is 30.2. The number of quaternary nitrogens is 1. The monoisotopic (exact) mass is 1030 g/mol. The van der Waals surface area contributed by atoms with Crippen LogP contribution in [0.2, 0.25) is 0 Å². The van der Waals surface area contributed by atoms with Crippen LogP contribution in [-0.4, -0.2) is 69.4 Å². The number of unbranched alkanes of at least 4 members (excludes halogenated alkanes) is 29. The molecule has 0 bridgehead atoms. The average Bonchev–Trinajstić information content (AvgIpc) is 3.34. The van der Waals surface area contributed by atoms with E-state index in [0.717, 1.165) is 64.2 Å². The third-order valence-electron chi connectivity index (χ3n) is 12.8. The summed E-state index contributed by atoms with van der Waals surface area (Å²) in [5.74, 6) is -0.590. The third kappa shape index (κ3) is 52.1. The van der Waals surface area contributed by atoms with E-state index in [-0.39, 0.29) is 31.3 Å². The number of phosphoric ester groups is 1. The Bertz CT molecular complexity index is 1510. The number of likely N-dealkylation sites (N-methyl/N-ethyl adjacent to an activating group) is 1. The lowest BCUT2D eigenvalue weighted by Gasteiger charge is -2.30. The number of hydrogen-bond donors (Lipinski definition) is 1. The Kier molecular flexibility index (Phi) is 49.6. The van der Waals surface area contributed by atoms with Crippen molar-refractivity contribution in [3.63, 3.8) is 0 Å². The van der Waals surface area contributed by atoms with Gasteiger partial charge in [-0.25, -0.2) is 0 Å². The molecule has 0 heterocycles. The number of allylic oxidation sites excluding steroid dienone is 13. The summed E-state index contributed by atoms with van der Waals surface area (Å²) in [5, 5.41) is 3.00. The number of carbonyl (C=O) groups is 2. The first-order valence-electron chi connectivity index (χ1n) is 29.5. The number of amides is 1. The fourth-order valence-corrected chi connectivity index (χ4v) is 8.92.